The fourth-order valence-corrected chi connectivity index (χ4v) is 1.54. The third kappa shape index (κ3) is 4.08. The Labute approximate surface area is 105 Å². The van der Waals surface area contributed by atoms with Gasteiger partial charge in [-0.15, -0.1) is 0 Å². The number of carbonyl (C=O) groups is 2. The number of carboxylic acid groups (broad SMARTS) is 1. The number of phenolic OH excluding ortho intramolecular Hbond substituents is 1. The highest BCUT2D eigenvalue weighted by molar-refractivity contribution is 5.95. The van der Waals surface area contributed by atoms with Crippen molar-refractivity contribution >= 4 is 11.9 Å². The molecule has 1 unspecified atom stereocenters. The largest absolute Gasteiger partial charge is 0.508 e. The maximum Gasteiger partial charge on any atom is 0.305 e. The van der Waals surface area contributed by atoms with Crippen molar-refractivity contribution in [3.63, 3.8) is 0 Å². The van der Waals surface area contributed by atoms with Crippen LogP contribution in [0.3, 0.4) is 0 Å². The van der Waals surface area contributed by atoms with E-state index in [9.17, 15) is 14.7 Å². The molecule has 0 aliphatic rings. The van der Waals surface area contributed by atoms with Crippen molar-refractivity contribution in [3.05, 3.63) is 29.8 Å². The molecule has 1 aromatic carbocycles. The SMILES string of the molecule is CC(C)C(CC(=O)O)NC(=O)c1cccc(O)c1. The van der Waals surface area contributed by atoms with E-state index in [-0.39, 0.29) is 24.0 Å². The van der Waals surface area contributed by atoms with Gasteiger partial charge in [-0.3, -0.25) is 9.59 Å². The minimum absolute atomic E-state index is 0.00183. The number of nitrogens with one attached hydrogen (secondary N) is 1. The first-order chi connectivity index (χ1) is 8.40. The van der Waals surface area contributed by atoms with E-state index in [0.717, 1.165) is 0 Å². The van der Waals surface area contributed by atoms with Crippen LogP contribution in [0.1, 0.15) is 30.6 Å². The van der Waals surface area contributed by atoms with Crippen LogP contribution in [-0.2, 0) is 4.79 Å². The van der Waals surface area contributed by atoms with E-state index in [1.807, 2.05) is 13.8 Å². The summed E-state index contributed by atoms with van der Waals surface area (Å²) in [5.74, 6) is -1.32. The third-order valence-electron chi connectivity index (χ3n) is 2.62. The molecule has 0 spiro atoms. The average molecular weight is 251 g/mol. The summed E-state index contributed by atoms with van der Waals surface area (Å²) in [6.07, 6.45) is -0.123. The summed E-state index contributed by atoms with van der Waals surface area (Å²) in [4.78, 5) is 22.6. The molecular weight excluding hydrogens is 234 g/mol. The number of hydrogen-bond acceptors (Lipinski definition) is 3. The van der Waals surface area contributed by atoms with Crippen molar-refractivity contribution in [2.24, 2.45) is 5.92 Å². The summed E-state index contributed by atoms with van der Waals surface area (Å²) in [5.41, 5.74) is 0.311. The zero-order chi connectivity index (χ0) is 13.7. The molecule has 0 saturated heterocycles. The monoisotopic (exact) mass is 251 g/mol. The van der Waals surface area contributed by atoms with Crippen molar-refractivity contribution in [2.45, 2.75) is 26.3 Å². The number of phenols is 1. The van der Waals surface area contributed by atoms with Crippen LogP contribution in [0.4, 0.5) is 0 Å². The molecule has 0 bridgehead atoms. The molecule has 5 heteroatoms. The molecule has 5 nitrogen and oxygen atoms in total. The number of amides is 1. The van der Waals surface area contributed by atoms with Crippen molar-refractivity contribution < 1.29 is 19.8 Å². The molecular formula is C13H17NO4. The van der Waals surface area contributed by atoms with E-state index in [1.54, 1.807) is 12.1 Å². The van der Waals surface area contributed by atoms with Gasteiger partial charge in [0.25, 0.3) is 5.91 Å². The second-order valence-electron chi connectivity index (χ2n) is 4.47. The Balaban J connectivity index is 2.75. The molecule has 18 heavy (non-hydrogen) atoms. The molecule has 0 aromatic heterocycles. The van der Waals surface area contributed by atoms with Crippen LogP contribution in [0.15, 0.2) is 24.3 Å². The van der Waals surface area contributed by atoms with Crippen LogP contribution in [0.25, 0.3) is 0 Å². The normalized spacial score (nSPS) is 12.2. The Morgan fingerprint density at radius 2 is 2.00 bits per heavy atom. The Morgan fingerprint density at radius 3 is 2.50 bits per heavy atom. The quantitative estimate of drug-likeness (QED) is 0.742. The first kappa shape index (κ1) is 14.0. The van der Waals surface area contributed by atoms with Gasteiger partial charge in [0.1, 0.15) is 5.75 Å². The van der Waals surface area contributed by atoms with E-state index in [4.69, 9.17) is 5.11 Å². The van der Waals surface area contributed by atoms with Crippen LogP contribution in [0, 0.1) is 5.92 Å². The molecule has 0 aliphatic heterocycles. The van der Waals surface area contributed by atoms with E-state index in [2.05, 4.69) is 5.32 Å². The average Bonchev–Trinajstić information content (AvgIpc) is 2.27. The summed E-state index contributed by atoms with van der Waals surface area (Å²) >= 11 is 0. The number of rotatable bonds is 5. The third-order valence-corrected chi connectivity index (χ3v) is 2.62. The Morgan fingerprint density at radius 1 is 1.33 bits per heavy atom. The van der Waals surface area contributed by atoms with Crippen molar-refractivity contribution in [1.29, 1.82) is 0 Å². The number of aromatic hydroxyl groups is 1. The van der Waals surface area contributed by atoms with Gasteiger partial charge in [0, 0.05) is 11.6 Å². The van der Waals surface area contributed by atoms with Gasteiger partial charge < -0.3 is 15.5 Å². The van der Waals surface area contributed by atoms with Crippen molar-refractivity contribution in [1.82, 2.24) is 5.32 Å². The van der Waals surface area contributed by atoms with E-state index < -0.39 is 12.0 Å². The van der Waals surface area contributed by atoms with Gasteiger partial charge in [-0.05, 0) is 24.1 Å². The number of benzene rings is 1. The second-order valence-corrected chi connectivity index (χ2v) is 4.47. The number of aliphatic carboxylic acids is 1. The minimum Gasteiger partial charge on any atom is -0.508 e. The first-order valence-corrected chi connectivity index (χ1v) is 5.72. The van der Waals surface area contributed by atoms with Crippen LogP contribution >= 0.6 is 0 Å². The predicted molar refractivity (Wildman–Crippen MR) is 66.5 cm³/mol. The highest BCUT2D eigenvalue weighted by Gasteiger charge is 2.20. The van der Waals surface area contributed by atoms with Gasteiger partial charge >= 0.3 is 5.97 Å². The van der Waals surface area contributed by atoms with Gasteiger partial charge in [0.05, 0.1) is 6.42 Å². The molecule has 98 valence electrons. The number of carboxylic acids is 1. The Hall–Kier alpha value is -2.04. The molecule has 0 aliphatic carbocycles. The van der Waals surface area contributed by atoms with Gasteiger partial charge in [-0.1, -0.05) is 19.9 Å². The van der Waals surface area contributed by atoms with E-state index >= 15 is 0 Å². The maximum atomic E-state index is 11.9. The zero-order valence-electron chi connectivity index (χ0n) is 10.4. The number of carbonyl (C=O) groups excluding carboxylic acids is 1. The lowest BCUT2D eigenvalue weighted by molar-refractivity contribution is -0.137. The molecule has 0 heterocycles. The summed E-state index contributed by atoms with van der Waals surface area (Å²) in [5, 5.41) is 20.7. The fourth-order valence-electron chi connectivity index (χ4n) is 1.54. The Bertz CT molecular complexity index is 442. The van der Waals surface area contributed by atoms with E-state index in [0.29, 0.717) is 5.56 Å². The predicted octanol–water partition coefficient (Wildman–Crippen LogP) is 1.62. The van der Waals surface area contributed by atoms with Crippen LogP contribution < -0.4 is 5.32 Å². The molecule has 0 radical (unpaired) electrons. The molecule has 3 N–H and O–H groups in total. The van der Waals surface area contributed by atoms with Gasteiger partial charge in [0.2, 0.25) is 0 Å². The highest BCUT2D eigenvalue weighted by atomic mass is 16.4. The summed E-state index contributed by atoms with van der Waals surface area (Å²) < 4.78 is 0. The molecule has 1 rings (SSSR count). The zero-order valence-corrected chi connectivity index (χ0v) is 10.4. The van der Waals surface area contributed by atoms with Gasteiger partial charge in [0.15, 0.2) is 0 Å². The molecule has 0 saturated carbocycles. The van der Waals surface area contributed by atoms with Crippen LogP contribution in [-0.4, -0.2) is 28.1 Å². The first-order valence-electron chi connectivity index (χ1n) is 5.72. The molecule has 1 amide bonds. The fraction of sp³-hybridized carbons (Fsp3) is 0.385. The second kappa shape index (κ2) is 6.05. The lowest BCUT2D eigenvalue weighted by Gasteiger charge is -2.20. The topological polar surface area (TPSA) is 86.6 Å². The number of hydrogen-bond donors (Lipinski definition) is 3. The summed E-state index contributed by atoms with van der Waals surface area (Å²) in [6.45, 7) is 3.69. The molecule has 1 atom stereocenters. The summed E-state index contributed by atoms with van der Waals surface area (Å²) in [7, 11) is 0. The summed E-state index contributed by atoms with van der Waals surface area (Å²) in [6, 6.07) is 5.50. The standard InChI is InChI=1S/C13H17NO4/c1-8(2)11(7-12(16)17)14-13(18)9-4-3-5-10(15)6-9/h3-6,8,11,15H,7H2,1-2H3,(H,14,18)(H,16,17). The van der Waals surface area contributed by atoms with Crippen LogP contribution in [0.2, 0.25) is 0 Å². The minimum atomic E-state index is -0.954. The van der Waals surface area contributed by atoms with Gasteiger partial charge in [-0.2, -0.15) is 0 Å². The lowest BCUT2D eigenvalue weighted by atomic mass is 10.0. The maximum absolute atomic E-state index is 11.9. The van der Waals surface area contributed by atoms with Crippen molar-refractivity contribution in [2.75, 3.05) is 0 Å². The molecule has 0 fully saturated rings. The molecule has 1 aromatic rings. The van der Waals surface area contributed by atoms with Gasteiger partial charge in [-0.25, -0.2) is 0 Å². The lowest BCUT2D eigenvalue weighted by Crippen LogP contribution is -2.40. The van der Waals surface area contributed by atoms with Crippen molar-refractivity contribution in [3.8, 4) is 5.75 Å². The smallest absolute Gasteiger partial charge is 0.305 e. The van der Waals surface area contributed by atoms with E-state index in [1.165, 1.54) is 12.1 Å². The Kier molecular flexibility index (Phi) is 4.71. The van der Waals surface area contributed by atoms with Crippen LogP contribution in [0.5, 0.6) is 5.75 Å². The highest BCUT2D eigenvalue weighted by Crippen LogP contribution is 2.12.